The number of oxazole rings is 1. The van der Waals surface area contributed by atoms with Gasteiger partial charge in [0.15, 0.2) is 23.0 Å². The highest BCUT2D eigenvalue weighted by Gasteiger charge is 2.26. The number of hydrogen-bond donors (Lipinski definition) is 1. The monoisotopic (exact) mass is 420 g/mol. The minimum atomic E-state index is 0.323. The molecule has 3 aromatic rings. The quantitative estimate of drug-likeness (QED) is 0.578. The summed E-state index contributed by atoms with van der Waals surface area (Å²) in [4.78, 5) is 4.73. The van der Waals surface area contributed by atoms with Crippen LogP contribution in [0.2, 0.25) is 0 Å². The van der Waals surface area contributed by atoms with Gasteiger partial charge in [-0.05, 0) is 92.8 Å². The first-order chi connectivity index (χ1) is 15.2. The highest BCUT2D eigenvalue weighted by atomic mass is 16.5. The highest BCUT2D eigenvalue weighted by Crippen LogP contribution is 2.37. The van der Waals surface area contributed by atoms with E-state index in [0.29, 0.717) is 17.9 Å². The maximum atomic E-state index is 6.32. The van der Waals surface area contributed by atoms with E-state index < -0.39 is 0 Å². The molecule has 164 valence electrons. The smallest absolute Gasteiger partial charge is 0.195 e. The molecular formula is C26H32N2O3. The Morgan fingerprint density at radius 3 is 2.77 bits per heavy atom. The normalized spacial score (nSPS) is 22.1. The Kier molecular flexibility index (Phi) is 5.86. The summed E-state index contributed by atoms with van der Waals surface area (Å²) in [6.07, 6.45) is 7.10. The van der Waals surface area contributed by atoms with E-state index in [1.54, 1.807) is 7.11 Å². The number of aryl methyl sites for hydroxylation is 1. The van der Waals surface area contributed by atoms with Crippen LogP contribution in [0.15, 0.2) is 40.8 Å². The Morgan fingerprint density at radius 1 is 1.06 bits per heavy atom. The van der Waals surface area contributed by atoms with E-state index >= 15 is 0 Å². The Bertz CT molecular complexity index is 1040. The summed E-state index contributed by atoms with van der Waals surface area (Å²) in [5.41, 5.74) is 4.37. The summed E-state index contributed by atoms with van der Waals surface area (Å²) in [5, 5.41) is 3.63. The van der Waals surface area contributed by atoms with Gasteiger partial charge in [0.2, 0.25) is 0 Å². The molecule has 2 atom stereocenters. The van der Waals surface area contributed by atoms with Crippen molar-refractivity contribution in [2.45, 2.75) is 57.5 Å². The number of aromatic nitrogens is 1. The third kappa shape index (κ3) is 4.57. The fraction of sp³-hybridized carbons (Fsp3) is 0.500. The molecule has 5 nitrogen and oxygen atoms in total. The molecule has 1 aliphatic carbocycles. The van der Waals surface area contributed by atoms with E-state index in [0.717, 1.165) is 67.3 Å². The summed E-state index contributed by atoms with van der Waals surface area (Å²) in [6.45, 7) is 4.07. The first kappa shape index (κ1) is 20.4. The molecule has 1 saturated heterocycles. The van der Waals surface area contributed by atoms with Crippen molar-refractivity contribution in [2.75, 3.05) is 20.2 Å². The van der Waals surface area contributed by atoms with Gasteiger partial charge in [0.1, 0.15) is 5.52 Å². The average molecular weight is 421 g/mol. The van der Waals surface area contributed by atoms with Crippen LogP contribution < -0.4 is 14.8 Å². The zero-order valence-electron chi connectivity index (χ0n) is 18.5. The van der Waals surface area contributed by atoms with Crippen molar-refractivity contribution >= 4 is 11.1 Å². The number of methoxy groups -OCH3 is 1. The molecule has 0 amide bonds. The van der Waals surface area contributed by atoms with Crippen molar-refractivity contribution in [3.8, 4) is 11.5 Å². The van der Waals surface area contributed by atoms with Crippen molar-refractivity contribution in [1.82, 2.24) is 10.3 Å². The number of ether oxygens (including phenoxy) is 2. The second kappa shape index (κ2) is 8.91. The van der Waals surface area contributed by atoms with Crippen LogP contribution in [0.1, 0.15) is 55.0 Å². The summed E-state index contributed by atoms with van der Waals surface area (Å²) < 4.78 is 17.9. The van der Waals surface area contributed by atoms with Crippen LogP contribution in [0.4, 0.5) is 0 Å². The number of rotatable bonds is 6. The summed E-state index contributed by atoms with van der Waals surface area (Å²) in [6, 6.07) is 12.6. The van der Waals surface area contributed by atoms with Crippen molar-refractivity contribution < 1.29 is 13.9 Å². The number of benzene rings is 2. The van der Waals surface area contributed by atoms with Crippen molar-refractivity contribution in [2.24, 2.45) is 5.92 Å². The van der Waals surface area contributed by atoms with Gasteiger partial charge in [-0.25, -0.2) is 4.98 Å². The van der Waals surface area contributed by atoms with Gasteiger partial charge >= 0.3 is 0 Å². The fourth-order valence-electron chi connectivity index (χ4n) is 5.08. The van der Waals surface area contributed by atoms with Crippen LogP contribution in [0, 0.1) is 12.8 Å². The van der Waals surface area contributed by atoms with E-state index in [9.17, 15) is 0 Å². The number of fused-ring (bicyclic) bond motifs is 1. The molecule has 2 fully saturated rings. The minimum Gasteiger partial charge on any atom is -0.493 e. The summed E-state index contributed by atoms with van der Waals surface area (Å²) in [7, 11) is 1.72. The van der Waals surface area contributed by atoms with Crippen LogP contribution in [-0.4, -0.2) is 31.3 Å². The van der Waals surface area contributed by atoms with Gasteiger partial charge in [0.05, 0.1) is 13.2 Å². The van der Waals surface area contributed by atoms with Gasteiger partial charge in [-0.1, -0.05) is 12.1 Å². The molecule has 0 spiro atoms. The Labute approximate surface area is 184 Å². The molecule has 1 N–H and O–H groups in total. The maximum absolute atomic E-state index is 6.32. The molecule has 31 heavy (non-hydrogen) atoms. The third-order valence-electron chi connectivity index (χ3n) is 6.75. The van der Waals surface area contributed by atoms with Crippen LogP contribution >= 0.6 is 0 Å². The standard InChI is InChI=1S/C26H32N2O3/c1-17-7-9-23-22(11-17)28-26(31-23)13-18-12-20(16-27-15-18)19-8-10-24(29-2)25(14-19)30-21-5-3-4-6-21/h7-11,14,18,20-21,27H,3-6,12-13,15-16H2,1-2H3/t18-,20+/m0/s1. The van der Waals surface area contributed by atoms with Crippen LogP contribution in [0.25, 0.3) is 11.1 Å². The Balaban J connectivity index is 1.30. The van der Waals surface area contributed by atoms with Crippen LogP contribution in [0.5, 0.6) is 11.5 Å². The lowest BCUT2D eigenvalue weighted by atomic mass is 9.84. The van der Waals surface area contributed by atoms with Crippen LogP contribution in [-0.2, 0) is 6.42 Å². The second-order valence-electron chi connectivity index (χ2n) is 9.17. The van der Waals surface area contributed by atoms with Gasteiger partial charge in [-0.2, -0.15) is 0 Å². The lowest BCUT2D eigenvalue weighted by Crippen LogP contribution is -2.36. The van der Waals surface area contributed by atoms with E-state index in [1.165, 1.54) is 24.0 Å². The number of piperidine rings is 1. The molecule has 0 radical (unpaired) electrons. The first-order valence-corrected chi connectivity index (χ1v) is 11.6. The lowest BCUT2D eigenvalue weighted by Gasteiger charge is -2.30. The second-order valence-corrected chi connectivity index (χ2v) is 9.17. The van der Waals surface area contributed by atoms with E-state index in [1.807, 2.05) is 6.07 Å². The molecule has 1 aromatic heterocycles. The topological polar surface area (TPSA) is 56.5 Å². The average Bonchev–Trinajstić information content (AvgIpc) is 3.43. The zero-order chi connectivity index (χ0) is 21.2. The van der Waals surface area contributed by atoms with E-state index in [-0.39, 0.29) is 0 Å². The largest absolute Gasteiger partial charge is 0.493 e. The van der Waals surface area contributed by atoms with E-state index in [4.69, 9.17) is 18.9 Å². The molecule has 1 saturated carbocycles. The number of hydrogen-bond acceptors (Lipinski definition) is 5. The molecule has 5 rings (SSSR count). The molecule has 2 aliphatic rings. The number of nitrogens with zero attached hydrogens (tertiary/aromatic N) is 1. The third-order valence-corrected chi connectivity index (χ3v) is 6.75. The molecule has 2 heterocycles. The van der Waals surface area contributed by atoms with Crippen molar-refractivity contribution in [3.05, 3.63) is 53.4 Å². The minimum absolute atomic E-state index is 0.323. The molecule has 2 aromatic carbocycles. The summed E-state index contributed by atoms with van der Waals surface area (Å²) in [5.74, 6) is 3.51. The van der Waals surface area contributed by atoms with Gasteiger partial charge in [-0.3, -0.25) is 0 Å². The Morgan fingerprint density at radius 2 is 1.94 bits per heavy atom. The van der Waals surface area contributed by atoms with Crippen molar-refractivity contribution in [1.29, 1.82) is 0 Å². The van der Waals surface area contributed by atoms with Gasteiger partial charge in [0, 0.05) is 13.0 Å². The predicted octanol–water partition coefficient (Wildman–Crippen LogP) is 5.40. The predicted molar refractivity (Wildman–Crippen MR) is 122 cm³/mol. The molecule has 0 unspecified atom stereocenters. The fourth-order valence-corrected chi connectivity index (χ4v) is 5.08. The van der Waals surface area contributed by atoms with E-state index in [2.05, 4.69) is 42.6 Å². The zero-order valence-corrected chi connectivity index (χ0v) is 18.5. The maximum Gasteiger partial charge on any atom is 0.195 e. The van der Waals surface area contributed by atoms with Gasteiger partial charge in [-0.15, -0.1) is 0 Å². The molecule has 5 heteroatoms. The Hall–Kier alpha value is -2.53. The van der Waals surface area contributed by atoms with Gasteiger partial charge < -0.3 is 19.2 Å². The highest BCUT2D eigenvalue weighted by molar-refractivity contribution is 5.73. The molecular weight excluding hydrogens is 388 g/mol. The van der Waals surface area contributed by atoms with Crippen molar-refractivity contribution in [3.63, 3.8) is 0 Å². The lowest BCUT2D eigenvalue weighted by molar-refractivity contribution is 0.200. The number of nitrogens with one attached hydrogen (secondary N) is 1. The van der Waals surface area contributed by atoms with Gasteiger partial charge in [0.25, 0.3) is 0 Å². The summed E-state index contributed by atoms with van der Waals surface area (Å²) >= 11 is 0. The molecule has 1 aliphatic heterocycles. The first-order valence-electron chi connectivity index (χ1n) is 11.6. The van der Waals surface area contributed by atoms with Crippen LogP contribution in [0.3, 0.4) is 0 Å². The molecule has 0 bridgehead atoms. The SMILES string of the molecule is COc1ccc([C@H]2CNC[C@H](Cc3nc4cc(C)ccc4o3)C2)cc1OC1CCCC1.